The molecular formula is C15H24N4O. The highest BCUT2D eigenvalue weighted by atomic mass is 16.2. The van der Waals surface area contributed by atoms with Gasteiger partial charge in [-0.05, 0) is 31.4 Å². The van der Waals surface area contributed by atoms with E-state index in [1.54, 1.807) is 0 Å². The molecule has 1 amide bonds. The summed E-state index contributed by atoms with van der Waals surface area (Å²) in [6.45, 7) is 6.13. The summed E-state index contributed by atoms with van der Waals surface area (Å²) >= 11 is 0. The number of carbonyl (C=O) groups excluding carboxylic acids is 1. The number of nitrogens with one attached hydrogen (secondary N) is 1. The van der Waals surface area contributed by atoms with Crippen molar-refractivity contribution in [3.05, 3.63) is 29.6 Å². The molecule has 2 heterocycles. The monoisotopic (exact) mass is 276 g/mol. The molecule has 2 rings (SSSR count). The van der Waals surface area contributed by atoms with Crippen molar-refractivity contribution in [3.63, 3.8) is 0 Å². The molecule has 0 unspecified atom stereocenters. The Bertz CT molecular complexity index is 446. The maximum Gasteiger partial charge on any atom is 0.237 e. The lowest BCUT2D eigenvalue weighted by Gasteiger charge is -2.22. The number of hydrogen-bond acceptors (Lipinski definition) is 4. The van der Waals surface area contributed by atoms with Crippen molar-refractivity contribution in [1.29, 1.82) is 0 Å². The lowest BCUT2D eigenvalue weighted by molar-refractivity contribution is -0.125. The molecule has 0 bridgehead atoms. The molecule has 20 heavy (non-hydrogen) atoms. The highest BCUT2D eigenvalue weighted by molar-refractivity contribution is 5.82. The number of pyridine rings is 1. The number of aryl methyl sites for hydroxylation is 1. The number of nitrogens with two attached hydrogens (primary N) is 1. The minimum Gasteiger partial charge on any atom is -0.355 e. The van der Waals surface area contributed by atoms with E-state index < -0.39 is 0 Å². The van der Waals surface area contributed by atoms with Crippen LogP contribution in [0.2, 0.25) is 0 Å². The topological polar surface area (TPSA) is 71.2 Å². The second-order valence-corrected chi connectivity index (χ2v) is 5.35. The first-order valence-corrected chi connectivity index (χ1v) is 7.35. The van der Waals surface area contributed by atoms with E-state index in [2.05, 4.69) is 28.2 Å². The van der Waals surface area contributed by atoms with Crippen molar-refractivity contribution in [2.75, 3.05) is 13.1 Å². The predicted octanol–water partition coefficient (Wildman–Crippen LogP) is 0.682. The van der Waals surface area contributed by atoms with Gasteiger partial charge in [0.25, 0.3) is 0 Å². The van der Waals surface area contributed by atoms with Crippen LogP contribution >= 0.6 is 0 Å². The van der Waals surface area contributed by atoms with Gasteiger partial charge in [0.05, 0.1) is 11.7 Å². The van der Waals surface area contributed by atoms with E-state index in [1.807, 2.05) is 19.2 Å². The van der Waals surface area contributed by atoms with Crippen molar-refractivity contribution in [2.24, 2.45) is 5.73 Å². The van der Waals surface area contributed by atoms with Gasteiger partial charge >= 0.3 is 0 Å². The van der Waals surface area contributed by atoms with E-state index in [1.165, 1.54) is 5.56 Å². The smallest absolute Gasteiger partial charge is 0.237 e. The van der Waals surface area contributed by atoms with Crippen LogP contribution in [0, 0.1) is 0 Å². The van der Waals surface area contributed by atoms with Gasteiger partial charge in [-0.2, -0.15) is 0 Å². The first-order valence-electron chi connectivity index (χ1n) is 7.35. The summed E-state index contributed by atoms with van der Waals surface area (Å²) in [6.07, 6.45) is 3.62. The molecule has 1 aromatic heterocycles. The molecule has 110 valence electrons. The summed E-state index contributed by atoms with van der Waals surface area (Å²) in [5.74, 6) is 0.0747. The molecule has 1 saturated heterocycles. The third-order valence-electron chi connectivity index (χ3n) is 3.75. The zero-order chi connectivity index (χ0) is 14.5. The van der Waals surface area contributed by atoms with Crippen molar-refractivity contribution < 1.29 is 4.79 Å². The normalized spacial score (nSPS) is 22.9. The largest absolute Gasteiger partial charge is 0.355 e. The number of likely N-dealkylation sites (N-methyl/N-ethyl adjacent to an activating group) is 1. The summed E-state index contributed by atoms with van der Waals surface area (Å²) < 4.78 is 0. The number of nitrogens with zero attached hydrogens (tertiary/aromatic N) is 2. The summed E-state index contributed by atoms with van der Waals surface area (Å²) in [4.78, 5) is 18.7. The van der Waals surface area contributed by atoms with Crippen LogP contribution < -0.4 is 11.1 Å². The standard InChI is InChI=1S/C15H24N4O/c1-3-11-5-6-13(18-8-11)10-19-9-12(16)7-14(19)15(20)17-4-2/h5-6,8,12,14H,3-4,7,9-10,16H2,1-2H3,(H,17,20)/t12-,14-/m0/s1. The van der Waals surface area contributed by atoms with Crippen LogP contribution in [0.3, 0.4) is 0 Å². The van der Waals surface area contributed by atoms with Crippen LogP contribution in [-0.4, -0.2) is 41.0 Å². The average Bonchev–Trinajstić information content (AvgIpc) is 2.81. The van der Waals surface area contributed by atoms with Gasteiger partial charge in [-0.15, -0.1) is 0 Å². The summed E-state index contributed by atoms with van der Waals surface area (Å²) in [7, 11) is 0. The fourth-order valence-corrected chi connectivity index (χ4v) is 2.64. The maximum atomic E-state index is 12.1. The van der Waals surface area contributed by atoms with Crippen LogP contribution in [-0.2, 0) is 17.8 Å². The highest BCUT2D eigenvalue weighted by Crippen LogP contribution is 2.19. The van der Waals surface area contributed by atoms with Crippen LogP contribution in [0.4, 0.5) is 0 Å². The summed E-state index contributed by atoms with van der Waals surface area (Å²) in [5, 5.41) is 2.89. The average molecular weight is 276 g/mol. The minimum atomic E-state index is -0.127. The lowest BCUT2D eigenvalue weighted by Crippen LogP contribution is -2.42. The number of aromatic nitrogens is 1. The molecular weight excluding hydrogens is 252 g/mol. The van der Waals surface area contributed by atoms with E-state index in [4.69, 9.17) is 5.73 Å². The fourth-order valence-electron chi connectivity index (χ4n) is 2.64. The number of amides is 1. The molecule has 3 N–H and O–H groups in total. The van der Waals surface area contributed by atoms with Gasteiger partial charge in [0.1, 0.15) is 0 Å². The molecule has 0 spiro atoms. The van der Waals surface area contributed by atoms with Gasteiger partial charge in [0.2, 0.25) is 5.91 Å². The number of likely N-dealkylation sites (tertiary alicyclic amines) is 1. The zero-order valence-corrected chi connectivity index (χ0v) is 12.3. The first kappa shape index (κ1) is 14.9. The van der Waals surface area contributed by atoms with E-state index in [0.717, 1.165) is 25.1 Å². The van der Waals surface area contributed by atoms with Gasteiger partial charge < -0.3 is 11.1 Å². The molecule has 5 nitrogen and oxygen atoms in total. The molecule has 0 aromatic carbocycles. The minimum absolute atomic E-state index is 0.0671. The third-order valence-corrected chi connectivity index (χ3v) is 3.75. The highest BCUT2D eigenvalue weighted by Gasteiger charge is 2.34. The van der Waals surface area contributed by atoms with Crippen LogP contribution in [0.15, 0.2) is 18.3 Å². The van der Waals surface area contributed by atoms with E-state index in [9.17, 15) is 4.79 Å². The van der Waals surface area contributed by atoms with Gasteiger partial charge in [0, 0.05) is 31.9 Å². The van der Waals surface area contributed by atoms with Crippen LogP contribution in [0.1, 0.15) is 31.5 Å². The van der Waals surface area contributed by atoms with Gasteiger partial charge in [-0.25, -0.2) is 0 Å². The second-order valence-electron chi connectivity index (χ2n) is 5.35. The summed E-state index contributed by atoms with van der Waals surface area (Å²) in [6, 6.07) is 4.08. The number of hydrogen-bond donors (Lipinski definition) is 2. The van der Waals surface area contributed by atoms with Gasteiger partial charge in [-0.1, -0.05) is 13.0 Å². The number of carbonyl (C=O) groups is 1. The van der Waals surface area contributed by atoms with Gasteiger partial charge in [-0.3, -0.25) is 14.7 Å². The van der Waals surface area contributed by atoms with Crippen molar-refractivity contribution in [1.82, 2.24) is 15.2 Å². The fraction of sp³-hybridized carbons (Fsp3) is 0.600. The molecule has 1 aliphatic heterocycles. The maximum absolute atomic E-state index is 12.1. The third kappa shape index (κ3) is 3.55. The van der Waals surface area contributed by atoms with E-state index >= 15 is 0 Å². The van der Waals surface area contributed by atoms with Crippen molar-refractivity contribution >= 4 is 5.91 Å². The molecule has 1 fully saturated rings. The SMILES string of the molecule is CCNC(=O)[C@@H]1C[C@H](N)CN1Cc1ccc(CC)cn1. The Morgan fingerprint density at radius 1 is 1.50 bits per heavy atom. The van der Waals surface area contributed by atoms with E-state index in [-0.39, 0.29) is 18.0 Å². The Morgan fingerprint density at radius 2 is 2.30 bits per heavy atom. The van der Waals surface area contributed by atoms with E-state index in [0.29, 0.717) is 13.1 Å². The predicted molar refractivity (Wildman–Crippen MR) is 79.1 cm³/mol. The Hall–Kier alpha value is -1.46. The first-order chi connectivity index (χ1) is 9.63. The van der Waals surface area contributed by atoms with Crippen molar-refractivity contribution in [2.45, 2.75) is 45.3 Å². The Labute approximate surface area is 120 Å². The number of rotatable bonds is 5. The quantitative estimate of drug-likeness (QED) is 0.830. The van der Waals surface area contributed by atoms with Crippen LogP contribution in [0.5, 0.6) is 0 Å². The van der Waals surface area contributed by atoms with Gasteiger partial charge in [0.15, 0.2) is 0 Å². The second kappa shape index (κ2) is 6.81. The van der Waals surface area contributed by atoms with Crippen molar-refractivity contribution in [3.8, 4) is 0 Å². The molecule has 1 aromatic rings. The lowest BCUT2D eigenvalue weighted by atomic mass is 10.1. The zero-order valence-electron chi connectivity index (χ0n) is 12.3. The molecule has 0 radical (unpaired) electrons. The van der Waals surface area contributed by atoms with Crippen LogP contribution in [0.25, 0.3) is 0 Å². The Balaban J connectivity index is 2.03. The molecule has 1 aliphatic rings. The molecule has 5 heteroatoms. The Morgan fingerprint density at radius 3 is 2.90 bits per heavy atom. The summed E-state index contributed by atoms with van der Waals surface area (Å²) in [5.41, 5.74) is 8.23. The molecule has 0 saturated carbocycles. The Kier molecular flexibility index (Phi) is 5.09. The molecule has 0 aliphatic carbocycles. The molecule has 2 atom stereocenters.